The molecule has 1 heterocycles. The highest BCUT2D eigenvalue weighted by Crippen LogP contribution is 2.59. The summed E-state index contributed by atoms with van der Waals surface area (Å²) < 4.78 is 55.3. The lowest BCUT2D eigenvalue weighted by molar-refractivity contribution is 0.0931. The fourth-order valence-electron chi connectivity index (χ4n) is 4.16. The summed E-state index contributed by atoms with van der Waals surface area (Å²) >= 11 is 0. The molecule has 1 aromatic heterocycles. The van der Waals surface area contributed by atoms with E-state index < -0.39 is 29.3 Å². The zero-order valence-corrected chi connectivity index (χ0v) is 24.5. The predicted octanol–water partition coefficient (Wildman–Crippen LogP) is 4.89. The molecule has 4 rings (SSSR count). The van der Waals surface area contributed by atoms with Gasteiger partial charge >= 0.3 is 7.60 Å². The summed E-state index contributed by atoms with van der Waals surface area (Å²) in [6, 6.07) is 23.3. The van der Waals surface area contributed by atoms with Crippen LogP contribution in [0.2, 0.25) is 0 Å². The van der Waals surface area contributed by atoms with Gasteiger partial charge in [0, 0.05) is 5.56 Å². The molecule has 0 saturated carbocycles. The Labute approximate surface area is 238 Å². The number of hydrogen-bond acceptors (Lipinski definition) is 8. The van der Waals surface area contributed by atoms with Crippen LogP contribution < -0.4 is 15.2 Å². The normalized spacial score (nSPS) is 12.6. The summed E-state index contributed by atoms with van der Waals surface area (Å²) in [6.07, 6.45) is 0. The van der Waals surface area contributed by atoms with Gasteiger partial charge in [-0.2, -0.15) is 5.10 Å². The van der Waals surface area contributed by atoms with E-state index in [1.54, 1.807) is 81.6 Å². The number of hydrogen-bond donors (Lipinski definition) is 2. The van der Waals surface area contributed by atoms with Crippen LogP contribution in [0.4, 0.5) is 0 Å². The zero-order valence-electron chi connectivity index (χ0n) is 22.8. The van der Waals surface area contributed by atoms with Crippen LogP contribution in [0, 0.1) is 0 Å². The Morgan fingerprint density at radius 2 is 1.59 bits per heavy atom. The molecule has 0 aliphatic carbocycles. The van der Waals surface area contributed by atoms with E-state index in [1.807, 2.05) is 0 Å². The molecule has 1 atom stereocenters. The Balaban J connectivity index is 1.78. The quantitative estimate of drug-likeness (QED) is 0.219. The smallest absolute Gasteiger partial charge is 0.357 e. The first-order valence-electron chi connectivity index (χ1n) is 12.7. The van der Waals surface area contributed by atoms with Crippen LogP contribution in [0.15, 0.2) is 89.8 Å². The number of nitrogens with two attached hydrogens (primary N) is 1. The van der Waals surface area contributed by atoms with Crippen molar-refractivity contribution in [3.05, 3.63) is 96.2 Å². The number of rotatable bonds is 12. The van der Waals surface area contributed by atoms with Gasteiger partial charge in [0.15, 0.2) is 11.5 Å². The van der Waals surface area contributed by atoms with Gasteiger partial charge in [-0.1, -0.05) is 30.3 Å². The molecule has 13 heteroatoms. The number of benzene rings is 3. The summed E-state index contributed by atoms with van der Waals surface area (Å²) in [5.74, 6) is -1.07. The molecule has 3 N–H and O–H groups in total. The average molecular weight is 599 g/mol. The summed E-state index contributed by atoms with van der Waals surface area (Å²) in [6.45, 7) is 3.61. The van der Waals surface area contributed by atoms with E-state index in [0.29, 0.717) is 28.3 Å². The van der Waals surface area contributed by atoms with Gasteiger partial charge in [0.25, 0.3) is 5.91 Å². The fourth-order valence-corrected chi connectivity index (χ4v) is 6.58. The predicted molar refractivity (Wildman–Crippen MR) is 154 cm³/mol. The lowest BCUT2D eigenvalue weighted by atomic mass is 10.1. The minimum Gasteiger partial charge on any atom is -0.497 e. The van der Waals surface area contributed by atoms with Gasteiger partial charge in [-0.15, -0.1) is 0 Å². The number of nitrogens with one attached hydrogen (secondary N) is 1. The van der Waals surface area contributed by atoms with Gasteiger partial charge in [-0.25, -0.2) is 18.2 Å². The molecule has 216 valence electrons. The first-order valence-corrected chi connectivity index (χ1v) is 15.9. The van der Waals surface area contributed by atoms with Crippen LogP contribution in [0.3, 0.4) is 0 Å². The molecule has 0 spiro atoms. The highest BCUT2D eigenvalue weighted by molar-refractivity contribution is 7.89. The van der Waals surface area contributed by atoms with Crippen molar-refractivity contribution in [1.82, 2.24) is 15.1 Å². The molecule has 1 amide bonds. The van der Waals surface area contributed by atoms with Crippen LogP contribution in [-0.2, 0) is 23.6 Å². The topological polar surface area (TPSA) is 152 Å². The summed E-state index contributed by atoms with van der Waals surface area (Å²) in [5, 5.41) is 12.6. The number of ether oxygens (including phenoxy) is 1. The molecule has 0 radical (unpaired) electrons. The molecule has 0 saturated heterocycles. The van der Waals surface area contributed by atoms with E-state index >= 15 is 0 Å². The van der Waals surface area contributed by atoms with E-state index in [4.69, 9.17) is 18.9 Å². The molecule has 3 aromatic carbocycles. The van der Waals surface area contributed by atoms with Crippen molar-refractivity contribution in [2.75, 3.05) is 20.3 Å². The molecule has 0 aliphatic rings. The molecule has 4 aromatic rings. The highest BCUT2D eigenvalue weighted by atomic mass is 32.2. The van der Waals surface area contributed by atoms with Crippen molar-refractivity contribution in [3.63, 3.8) is 0 Å². The molecule has 1 unspecified atom stereocenters. The van der Waals surface area contributed by atoms with Crippen molar-refractivity contribution in [2.45, 2.75) is 24.5 Å². The van der Waals surface area contributed by atoms with E-state index in [9.17, 15) is 17.8 Å². The maximum Gasteiger partial charge on any atom is 0.357 e. The van der Waals surface area contributed by atoms with E-state index in [1.165, 1.54) is 28.9 Å². The van der Waals surface area contributed by atoms with Crippen LogP contribution in [0.5, 0.6) is 5.75 Å². The number of primary sulfonamides is 1. The summed E-state index contributed by atoms with van der Waals surface area (Å²) in [4.78, 5) is 13.6. The molecule has 11 nitrogen and oxygen atoms in total. The number of nitrogens with zero attached hydrogens (tertiary/aromatic N) is 2. The maximum absolute atomic E-state index is 13.8. The Morgan fingerprint density at radius 1 is 0.976 bits per heavy atom. The number of carbonyl (C=O) groups excluding carboxylic acids is 1. The Morgan fingerprint density at radius 3 is 2.12 bits per heavy atom. The lowest BCUT2D eigenvalue weighted by Gasteiger charge is -2.27. The number of methoxy groups -OCH3 is 1. The van der Waals surface area contributed by atoms with Gasteiger partial charge in [0.2, 0.25) is 10.0 Å². The van der Waals surface area contributed by atoms with E-state index in [-0.39, 0.29) is 23.8 Å². The average Bonchev–Trinajstić information content (AvgIpc) is 3.42. The van der Waals surface area contributed by atoms with Crippen molar-refractivity contribution >= 4 is 23.5 Å². The molecule has 41 heavy (non-hydrogen) atoms. The SMILES string of the molecule is CCOP(=O)(OCC)C(NC(=O)c1cc(-c2ccc(OC)cc2)n(-c2ccc(S(N)(=O)=O)cc2)n1)c1ccccc1. The second-order valence-electron chi connectivity index (χ2n) is 8.76. The summed E-state index contributed by atoms with van der Waals surface area (Å²) in [7, 11) is -6.17. The van der Waals surface area contributed by atoms with Crippen molar-refractivity contribution < 1.29 is 31.6 Å². The van der Waals surface area contributed by atoms with Crippen LogP contribution >= 0.6 is 7.60 Å². The molecule has 0 bridgehead atoms. The maximum atomic E-state index is 13.8. The number of aromatic nitrogens is 2. The third-order valence-corrected chi connectivity index (χ3v) is 9.28. The second-order valence-corrected chi connectivity index (χ2v) is 12.4. The Bertz CT molecular complexity index is 1630. The lowest BCUT2D eigenvalue weighted by Crippen LogP contribution is -2.30. The first-order chi connectivity index (χ1) is 19.6. The molecular weight excluding hydrogens is 567 g/mol. The Hall–Kier alpha value is -3.80. The standard InChI is InChI=1S/C28H31N4O7PS/c1-4-38-40(34,39-5-2)28(21-9-7-6-8-10-21)30-27(33)25-19-26(20-11-15-23(37-3)16-12-20)32(31-25)22-13-17-24(18-14-22)41(29,35)36/h6-19,28H,4-5H2,1-3H3,(H,30,33)(H2,29,35,36). The highest BCUT2D eigenvalue weighted by Gasteiger charge is 2.38. The van der Waals surface area contributed by atoms with Crippen LogP contribution in [0.1, 0.15) is 35.7 Å². The van der Waals surface area contributed by atoms with E-state index in [0.717, 1.165) is 0 Å². The van der Waals surface area contributed by atoms with E-state index in [2.05, 4.69) is 10.4 Å². The fraction of sp³-hybridized carbons (Fsp3) is 0.214. The minimum absolute atomic E-state index is 0.0202. The monoisotopic (exact) mass is 598 g/mol. The Kier molecular flexibility index (Phi) is 9.42. The van der Waals surface area contributed by atoms with Crippen molar-refractivity contribution in [3.8, 4) is 22.7 Å². The molecule has 0 aliphatic heterocycles. The number of carbonyl (C=O) groups is 1. The second kappa shape index (κ2) is 12.8. The van der Waals surface area contributed by atoms with Gasteiger partial charge in [0.1, 0.15) is 5.75 Å². The van der Waals surface area contributed by atoms with Gasteiger partial charge in [0.05, 0.1) is 36.6 Å². The summed E-state index contributed by atoms with van der Waals surface area (Å²) in [5.41, 5.74) is 2.29. The third kappa shape index (κ3) is 6.92. The molecule has 0 fully saturated rings. The number of amides is 1. The van der Waals surface area contributed by atoms with Gasteiger partial charge < -0.3 is 19.1 Å². The zero-order chi connectivity index (χ0) is 29.6. The molecular formula is C28H31N4O7PS. The minimum atomic E-state index is -3.90. The third-order valence-electron chi connectivity index (χ3n) is 6.06. The van der Waals surface area contributed by atoms with Crippen LogP contribution in [0.25, 0.3) is 16.9 Å². The first kappa shape index (κ1) is 30.2. The van der Waals surface area contributed by atoms with Crippen molar-refractivity contribution in [1.29, 1.82) is 0 Å². The van der Waals surface area contributed by atoms with Crippen molar-refractivity contribution in [2.24, 2.45) is 5.14 Å². The van der Waals surface area contributed by atoms with Gasteiger partial charge in [-0.3, -0.25) is 9.36 Å². The van der Waals surface area contributed by atoms with Crippen LogP contribution in [-0.4, -0.2) is 44.4 Å². The van der Waals surface area contributed by atoms with Gasteiger partial charge in [-0.05, 0) is 74.0 Å². The number of sulfonamides is 1. The largest absolute Gasteiger partial charge is 0.497 e.